The maximum absolute atomic E-state index is 13.4. The molecule has 3 nitrogen and oxygen atoms in total. The van der Waals surface area contributed by atoms with Crippen molar-refractivity contribution in [3.63, 3.8) is 0 Å². The molecule has 0 radical (unpaired) electrons. The zero-order valence-corrected chi connectivity index (χ0v) is 10.4. The van der Waals surface area contributed by atoms with Crippen LogP contribution in [0.4, 0.5) is 4.39 Å². The number of nitrogens with zero attached hydrogens (tertiary/aromatic N) is 1. The molecule has 0 saturated heterocycles. The molecule has 96 valence electrons. The van der Waals surface area contributed by atoms with E-state index in [1.807, 2.05) is 0 Å². The summed E-state index contributed by atoms with van der Waals surface area (Å²) in [5.41, 5.74) is 1.14. The molecule has 20 heavy (non-hydrogen) atoms. The smallest absolute Gasteiger partial charge is 0.259 e. The van der Waals surface area contributed by atoms with Crippen LogP contribution in [0.5, 0.6) is 0 Å². The Morgan fingerprint density at radius 1 is 1.20 bits per heavy atom. The van der Waals surface area contributed by atoms with Crippen LogP contribution in [0, 0.1) is 18.2 Å². The molecule has 1 N–H and O–H groups in total. The third-order valence-electron chi connectivity index (χ3n) is 3.01. The highest BCUT2D eigenvalue weighted by Crippen LogP contribution is 2.21. The van der Waals surface area contributed by atoms with Gasteiger partial charge in [-0.25, -0.2) is 9.37 Å². The van der Waals surface area contributed by atoms with Crippen LogP contribution in [-0.2, 0) is 0 Å². The van der Waals surface area contributed by atoms with Crippen molar-refractivity contribution in [1.29, 1.82) is 0 Å². The molecule has 0 aliphatic rings. The fourth-order valence-corrected chi connectivity index (χ4v) is 2.05. The predicted octanol–water partition coefficient (Wildman–Crippen LogP) is 2.71. The number of para-hydroxylation sites is 1. The second kappa shape index (κ2) is 4.63. The molecule has 4 heteroatoms. The van der Waals surface area contributed by atoms with E-state index >= 15 is 0 Å². The monoisotopic (exact) mass is 264 g/mol. The average Bonchev–Trinajstić information content (AvgIpc) is 2.47. The van der Waals surface area contributed by atoms with Crippen LogP contribution in [0.15, 0.2) is 47.3 Å². The minimum absolute atomic E-state index is 0.265. The van der Waals surface area contributed by atoms with Crippen molar-refractivity contribution in [2.24, 2.45) is 0 Å². The summed E-state index contributed by atoms with van der Waals surface area (Å²) in [4.78, 5) is 19.0. The molecule has 2 aromatic carbocycles. The Kier molecular flexibility index (Phi) is 2.81. The van der Waals surface area contributed by atoms with Crippen molar-refractivity contribution in [3.8, 4) is 23.7 Å². The van der Waals surface area contributed by atoms with E-state index < -0.39 is 5.82 Å². The van der Waals surface area contributed by atoms with Gasteiger partial charge in [-0.2, -0.15) is 0 Å². The third kappa shape index (κ3) is 1.95. The van der Waals surface area contributed by atoms with Gasteiger partial charge >= 0.3 is 0 Å². The van der Waals surface area contributed by atoms with E-state index in [-0.39, 0.29) is 11.4 Å². The molecule has 3 rings (SSSR count). The lowest BCUT2D eigenvalue weighted by Crippen LogP contribution is -2.10. The fourth-order valence-electron chi connectivity index (χ4n) is 2.05. The van der Waals surface area contributed by atoms with Gasteiger partial charge in [-0.1, -0.05) is 18.1 Å². The zero-order valence-electron chi connectivity index (χ0n) is 10.4. The van der Waals surface area contributed by atoms with Crippen molar-refractivity contribution >= 4 is 10.9 Å². The van der Waals surface area contributed by atoms with Crippen LogP contribution in [0.3, 0.4) is 0 Å². The summed E-state index contributed by atoms with van der Waals surface area (Å²) in [5.74, 6) is 2.29. The molecule has 1 aromatic heterocycles. The molecule has 1 heterocycles. The number of rotatable bonds is 1. The van der Waals surface area contributed by atoms with E-state index in [1.54, 1.807) is 24.3 Å². The van der Waals surface area contributed by atoms with E-state index in [0.717, 1.165) is 0 Å². The van der Waals surface area contributed by atoms with Gasteiger partial charge in [-0.3, -0.25) is 4.79 Å². The number of terminal acetylenes is 1. The Balaban J connectivity index is 2.34. The molecule has 0 spiro atoms. The van der Waals surface area contributed by atoms with Crippen molar-refractivity contribution < 1.29 is 4.39 Å². The summed E-state index contributed by atoms with van der Waals surface area (Å²) >= 11 is 0. The first-order valence-corrected chi connectivity index (χ1v) is 5.94. The first-order valence-electron chi connectivity index (χ1n) is 5.94. The number of halogens is 1. The lowest BCUT2D eigenvalue weighted by Gasteiger charge is -2.05. The number of hydrogen-bond acceptors (Lipinski definition) is 2. The van der Waals surface area contributed by atoms with Gasteiger partial charge in [0, 0.05) is 11.1 Å². The van der Waals surface area contributed by atoms with E-state index in [2.05, 4.69) is 15.9 Å². The summed E-state index contributed by atoms with van der Waals surface area (Å²) < 4.78 is 13.4. The number of fused-ring (bicyclic) bond motifs is 1. The number of benzene rings is 2. The number of nitrogens with one attached hydrogen (secondary N) is 1. The largest absolute Gasteiger partial charge is 0.306 e. The van der Waals surface area contributed by atoms with Crippen molar-refractivity contribution in [2.45, 2.75) is 0 Å². The second-order valence-corrected chi connectivity index (χ2v) is 4.27. The Labute approximate surface area is 114 Å². The molecular weight excluding hydrogens is 255 g/mol. The van der Waals surface area contributed by atoms with Crippen LogP contribution in [0.1, 0.15) is 5.56 Å². The van der Waals surface area contributed by atoms with Crippen LogP contribution >= 0.6 is 0 Å². The molecule has 0 amide bonds. The highest BCUT2D eigenvalue weighted by atomic mass is 19.1. The Hall–Kier alpha value is -2.93. The lowest BCUT2D eigenvalue weighted by atomic mass is 10.1. The third-order valence-corrected chi connectivity index (χ3v) is 3.01. The van der Waals surface area contributed by atoms with Crippen molar-refractivity contribution in [2.75, 3.05) is 0 Å². The quantitative estimate of drug-likeness (QED) is 0.687. The molecule has 0 aliphatic carbocycles. The van der Waals surface area contributed by atoms with E-state index in [0.29, 0.717) is 22.0 Å². The molecule has 0 unspecified atom stereocenters. The van der Waals surface area contributed by atoms with Crippen molar-refractivity contribution in [1.82, 2.24) is 9.97 Å². The summed E-state index contributed by atoms with van der Waals surface area (Å²) in [6.45, 7) is 0. The first-order chi connectivity index (χ1) is 9.69. The minimum Gasteiger partial charge on any atom is -0.306 e. The maximum atomic E-state index is 13.4. The molecule has 0 bridgehead atoms. The van der Waals surface area contributed by atoms with Gasteiger partial charge in [0.05, 0.1) is 10.9 Å². The average molecular weight is 264 g/mol. The van der Waals surface area contributed by atoms with Gasteiger partial charge < -0.3 is 4.98 Å². The van der Waals surface area contributed by atoms with Crippen LogP contribution < -0.4 is 5.56 Å². The van der Waals surface area contributed by atoms with Gasteiger partial charge in [0.25, 0.3) is 5.56 Å². The van der Waals surface area contributed by atoms with Gasteiger partial charge in [-0.05, 0) is 30.3 Å². The lowest BCUT2D eigenvalue weighted by molar-refractivity contribution is 0.628. The second-order valence-electron chi connectivity index (χ2n) is 4.27. The SMILES string of the molecule is C#Cc1ccc(F)cc1-c1nc2ccccc2c(=O)[nH]1. The Morgan fingerprint density at radius 2 is 2.00 bits per heavy atom. The predicted molar refractivity (Wildman–Crippen MR) is 75.7 cm³/mol. The topological polar surface area (TPSA) is 45.8 Å². The van der Waals surface area contributed by atoms with Crippen LogP contribution in [0.2, 0.25) is 0 Å². The Bertz CT molecular complexity index is 906. The van der Waals surface area contributed by atoms with Crippen LogP contribution in [-0.4, -0.2) is 9.97 Å². The number of aromatic nitrogens is 2. The van der Waals surface area contributed by atoms with Gasteiger partial charge in [-0.15, -0.1) is 6.42 Å². The number of H-pyrrole nitrogens is 1. The number of hydrogen-bond donors (Lipinski definition) is 1. The van der Waals surface area contributed by atoms with Gasteiger partial charge in [0.1, 0.15) is 11.6 Å². The molecule has 0 atom stereocenters. The molecule has 0 fully saturated rings. The van der Waals surface area contributed by atoms with Crippen molar-refractivity contribution in [3.05, 3.63) is 64.2 Å². The summed E-state index contributed by atoms with van der Waals surface area (Å²) in [7, 11) is 0. The summed E-state index contributed by atoms with van der Waals surface area (Å²) in [6.07, 6.45) is 5.40. The van der Waals surface area contributed by atoms with E-state index in [4.69, 9.17) is 6.42 Å². The highest BCUT2D eigenvalue weighted by molar-refractivity contribution is 5.80. The maximum Gasteiger partial charge on any atom is 0.259 e. The summed E-state index contributed by atoms with van der Waals surface area (Å²) in [5, 5.41) is 0.481. The van der Waals surface area contributed by atoms with Gasteiger partial charge in [0.2, 0.25) is 0 Å². The van der Waals surface area contributed by atoms with Gasteiger partial charge in [0.15, 0.2) is 0 Å². The van der Waals surface area contributed by atoms with E-state index in [9.17, 15) is 9.18 Å². The van der Waals surface area contributed by atoms with E-state index in [1.165, 1.54) is 18.2 Å². The minimum atomic E-state index is -0.435. The Morgan fingerprint density at radius 3 is 2.80 bits per heavy atom. The van der Waals surface area contributed by atoms with Crippen LogP contribution in [0.25, 0.3) is 22.3 Å². The zero-order chi connectivity index (χ0) is 14.1. The molecule has 0 saturated carbocycles. The molecular formula is C16H9FN2O. The fraction of sp³-hybridized carbons (Fsp3) is 0. The summed E-state index contributed by atoms with van der Waals surface area (Å²) in [6, 6.07) is 11.0. The number of aromatic amines is 1. The standard InChI is InChI=1S/C16H9FN2O/c1-2-10-7-8-11(17)9-13(10)15-18-14-6-4-3-5-12(14)16(20)19-15/h1,3-9H,(H,18,19,20). The molecule has 0 aliphatic heterocycles. The molecule has 3 aromatic rings. The first kappa shape index (κ1) is 12.1. The normalized spacial score (nSPS) is 10.4. The highest BCUT2D eigenvalue weighted by Gasteiger charge is 2.10.